The Morgan fingerprint density at radius 2 is 0.606 bits per heavy atom. The maximum Gasteiger partial charge on any atom is 0.306 e. The first-order chi connectivity index (χ1) is 32.5. The molecule has 0 aromatic heterocycles. The molecule has 66 heavy (non-hydrogen) atoms. The Morgan fingerprint density at radius 3 is 0.985 bits per heavy atom. The number of carbonyl (C=O) groups is 3. The third-order valence-electron chi connectivity index (χ3n) is 10.7. The lowest BCUT2D eigenvalue weighted by atomic mass is 10.0. The van der Waals surface area contributed by atoms with E-state index in [0.29, 0.717) is 19.3 Å². The van der Waals surface area contributed by atoms with Crippen molar-refractivity contribution in [3.05, 3.63) is 134 Å². The third-order valence-corrected chi connectivity index (χ3v) is 10.7. The van der Waals surface area contributed by atoms with Crippen molar-refractivity contribution in [3.8, 4) is 0 Å². The van der Waals surface area contributed by atoms with Crippen LogP contribution in [0.25, 0.3) is 0 Å². The van der Waals surface area contributed by atoms with E-state index in [9.17, 15) is 14.4 Å². The molecular formula is C60H94O6. The van der Waals surface area contributed by atoms with E-state index in [-0.39, 0.29) is 44.0 Å². The summed E-state index contributed by atoms with van der Waals surface area (Å²) in [6, 6.07) is 0. The first kappa shape index (κ1) is 61.5. The van der Waals surface area contributed by atoms with E-state index in [2.05, 4.69) is 39.0 Å². The normalized spacial score (nSPS) is 13.2. The molecule has 0 radical (unpaired) electrons. The van der Waals surface area contributed by atoms with Gasteiger partial charge in [0.15, 0.2) is 6.10 Å². The monoisotopic (exact) mass is 911 g/mol. The van der Waals surface area contributed by atoms with Gasteiger partial charge >= 0.3 is 17.9 Å². The highest BCUT2D eigenvalue weighted by Crippen LogP contribution is 2.15. The summed E-state index contributed by atoms with van der Waals surface area (Å²) >= 11 is 0. The number of esters is 3. The molecule has 0 fully saturated rings. The topological polar surface area (TPSA) is 78.9 Å². The van der Waals surface area contributed by atoms with Crippen LogP contribution in [0.3, 0.4) is 0 Å². The van der Waals surface area contributed by atoms with Crippen molar-refractivity contribution in [1.29, 1.82) is 0 Å². The van der Waals surface area contributed by atoms with E-state index in [0.717, 1.165) is 57.8 Å². The molecule has 0 N–H and O–H groups in total. The molecular weight excluding hydrogens is 817 g/mol. The number of hydrogen-bond acceptors (Lipinski definition) is 6. The van der Waals surface area contributed by atoms with Crippen LogP contribution in [0.1, 0.15) is 207 Å². The van der Waals surface area contributed by atoms with Crippen LogP contribution in [-0.4, -0.2) is 37.2 Å². The molecule has 0 rings (SSSR count). The van der Waals surface area contributed by atoms with Gasteiger partial charge < -0.3 is 14.2 Å². The predicted molar refractivity (Wildman–Crippen MR) is 283 cm³/mol. The zero-order valence-corrected chi connectivity index (χ0v) is 42.1. The number of carbonyl (C=O) groups excluding carboxylic acids is 3. The van der Waals surface area contributed by atoms with Gasteiger partial charge in [0.1, 0.15) is 13.2 Å². The number of unbranched alkanes of at least 4 members (excludes halogenated alkanes) is 21. The molecule has 0 aromatic carbocycles. The molecule has 0 bridgehead atoms. The SMILES string of the molecule is CC/C=C/C=C/C=C/C=C/C=C/C=C/CCCCCC(=O)OC(COC(=O)CCC/C=C/C=C/C=C/C=C/C=C/CC)COC(=O)CCCCCCCCCCCCCCCCCCCC. The fourth-order valence-electron chi connectivity index (χ4n) is 6.80. The summed E-state index contributed by atoms with van der Waals surface area (Å²) in [7, 11) is 0. The van der Waals surface area contributed by atoms with Gasteiger partial charge in [0.25, 0.3) is 0 Å². The van der Waals surface area contributed by atoms with Crippen LogP contribution in [0.2, 0.25) is 0 Å². The van der Waals surface area contributed by atoms with Gasteiger partial charge in [-0.15, -0.1) is 0 Å². The number of rotatable bonds is 45. The van der Waals surface area contributed by atoms with Gasteiger partial charge in [-0.25, -0.2) is 0 Å². The number of allylic oxidation sites excluding steroid dienone is 22. The van der Waals surface area contributed by atoms with Crippen LogP contribution in [0, 0.1) is 0 Å². The van der Waals surface area contributed by atoms with Crippen LogP contribution in [0.15, 0.2) is 134 Å². The molecule has 0 aliphatic carbocycles. The molecule has 0 aromatic rings. The third kappa shape index (κ3) is 50.5. The second-order valence-corrected chi connectivity index (χ2v) is 17.0. The van der Waals surface area contributed by atoms with Gasteiger partial charge in [-0.3, -0.25) is 14.4 Å². The van der Waals surface area contributed by atoms with E-state index < -0.39 is 6.10 Å². The molecule has 0 aliphatic heterocycles. The van der Waals surface area contributed by atoms with Gasteiger partial charge in [-0.1, -0.05) is 270 Å². The molecule has 1 atom stereocenters. The lowest BCUT2D eigenvalue weighted by Gasteiger charge is -2.18. The summed E-state index contributed by atoms with van der Waals surface area (Å²) in [5, 5.41) is 0. The van der Waals surface area contributed by atoms with Crippen LogP contribution in [0.4, 0.5) is 0 Å². The van der Waals surface area contributed by atoms with E-state index in [4.69, 9.17) is 14.2 Å². The average Bonchev–Trinajstić information content (AvgIpc) is 3.31. The molecule has 1 unspecified atom stereocenters. The fraction of sp³-hybridized carbons (Fsp3) is 0.583. The highest BCUT2D eigenvalue weighted by atomic mass is 16.6. The van der Waals surface area contributed by atoms with Gasteiger partial charge in [0.05, 0.1) is 0 Å². The second-order valence-electron chi connectivity index (χ2n) is 17.0. The summed E-state index contributed by atoms with van der Waals surface area (Å²) in [4.78, 5) is 38.0. The maximum atomic E-state index is 12.8. The summed E-state index contributed by atoms with van der Waals surface area (Å²) < 4.78 is 16.7. The van der Waals surface area contributed by atoms with Crippen LogP contribution >= 0.6 is 0 Å². The Labute approximate surface area is 405 Å². The summed E-state index contributed by atoms with van der Waals surface area (Å²) in [6.45, 7) is 6.24. The number of hydrogen-bond donors (Lipinski definition) is 0. The van der Waals surface area contributed by atoms with E-state index in [1.165, 1.54) is 96.3 Å². The Bertz CT molecular complexity index is 1460. The molecule has 0 saturated heterocycles. The van der Waals surface area contributed by atoms with Gasteiger partial charge in [-0.2, -0.15) is 0 Å². The zero-order chi connectivity index (χ0) is 47.9. The van der Waals surface area contributed by atoms with Crippen LogP contribution < -0.4 is 0 Å². The molecule has 0 aliphatic rings. The predicted octanol–water partition coefficient (Wildman–Crippen LogP) is 17.5. The summed E-state index contributed by atoms with van der Waals surface area (Å²) in [5.41, 5.74) is 0. The van der Waals surface area contributed by atoms with Crippen molar-refractivity contribution >= 4 is 17.9 Å². The molecule has 6 nitrogen and oxygen atoms in total. The molecule has 6 heteroatoms. The maximum absolute atomic E-state index is 12.8. The molecule has 0 heterocycles. The Balaban J connectivity index is 4.55. The highest BCUT2D eigenvalue weighted by molar-refractivity contribution is 5.71. The minimum atomic E-state index is -0.833. The minimum absolute atomic E-state index is 0.122. The standard InChI is InChI=1S/C60H94O6/c1-4-7-10-13-16-19-22-25-27-29-31-32-35-38-41-44-47-50-53-59(62)65-56-57(55-64-58(61)52-49-46-43-40-37-34-24-21-18-15-12-9-6-3)66-60(63)54-51-48-45-42-39-36-33-30-28-26-23-20-17-14-11-8-5-2/h8-9,11-12,14-15,17-18,20-21,23-24,26,28,30,33-34,36-37,39-40,43,57H,4-7,10,13,16,19,22,25,27,29,31-32,35,38,41-42,44-56H2,1-3H3/b11-8+,12-9+,17-14+,18-15+,23-20+,24-21+,28-26+,33-30+,37-34+,39-36+,43-40+. The van der Waals surface area contributed by atoms with Crippen LogP contribution in [-0.2, 0) is 28.6 Å². The van der Waals surface area contributed by atoms with E-state index in [1.807, 2.05) is 115 Å². The van der Waals surface area contributed by atoms with E-state index >= 15 is 0 Å². The summed E-state index contributed by atoms with van der Waals surface area (Å²) in [5.74, 6) is -1.05. The smallest absolute Gasteiger partial charge is 0.306 e. The van der Waals surface area contributed by atoms with Gasteiger partial charge in [0, 0.05) is 19.3 Å². The molecule has 0 spiro atoms. The first-order valence-electron chi connectivity index (χ1n) is 26.3. The number of ether oxygens (including phenoxy) is 3. The van der Waals surface area contributed by atoms with Crippen molar-refractivity contribution < 1.29 is 28.6 Å². The average molecular weight is 911 g/mol. The van der Waals surface area contributed by atoms with Gasteiger partial charge in [-0.05, 0) is 51.4 Å². The Hall–Kier alpha value is -4.45. The van der Waals surface area contributed by atoms with Crippen molar-refractivity contribution in [2.24, 2.45) is 0 Å². The molecule has 370 valence electrons. The first-order valence-corrected chi connectivity index (χ1v) is 26.3. The van der Waals surface area contributed by atoms with Gasteiger partial charge in [0.2, 0.25) is 0 Å². The largest absolute Gasteiger partial charge is 0.462 e. The second kappa shape index (κ2) is 53.2. The zero-order valence-electron chi connectivity index (χ0n) is 42.1. The van der Waals surface area contributed by atoms with Crippen molar-refractivity contribution in [2.45, 2.75) is 213 Å². The van der Waals surface area contributed by atoms with Crippen molar-refractivity contribution in [2.75, 3.05) is 13.2 Å². The lowest BCUT2D eigenvalue weighted by molar-refractivity contribution is -0.167. The lowest BCUT2D eigenvalue weighted by Crippen LogP contribution is -2.30. The van der Waals surface area contributed by atoms with Crippen molar-refractivity contribution in [1.82, 2.24) is 0 Å². The van der Waals surface area contributed by atoms with Crippen molar-refractivity contribution in [3.63, 3.8) is 0 Å². The van der Waals surface area contributed by atoms with E-state index in [1.54, 1.807) is 0 Å². The minimum Gasteiger partial charge on any atom is -0.462 e. The Kier molecular flexibility index (Phi) is 49.6. The summed E-state index contributed by atoms with van der Waals surface area (Å²) in [6.07, 6.45) is 74.5. The quantitative estimate of drug-likeness (QED) is 0.0262. The Morgan fingerprint density at radius 1 is 0.318 bits per heavy atom. The highest BCUT2D eigenvalue weighted by Gasteiger charge is 2.19. The molecule has 0 amide bonds. The van der Waals surface area contributed by atoms with Crippen LogP contribution in [0.5, 0.6) is 0 Å². The molecule has 0 saturated carbocycles. The fourth-order valence-corrected chi connectivity index (χ4v) is 6.80.